The zero-order valence-electron chi connectivity index (χ0n) is 24.4. The highest BCUT2D eigenvalue weighted by molar-refractivity contribution is 5.90. The van der Waals surface area contributed by atoms with Crippen molar-refractivity contribution in [3.05, 3.63) is 41.9 Å². The van der Waals surface area contributed by atoms with E-state index in [9.17, 15) is 28.0 Å². The van der Waals surface area contributed by atoms with Crippen LogP contribution in [0.5, 0.6) is 5.75 Å². The third-order valence-corrected chi connectivity index (χ3v) is 6.92. The number of pyridine rings is 1. The van der Waals surface area contributed by atoms with Crippen LogP contribution in [0, 0.1) is 11.3 Å². The number of ether oxygens (including phenoxy) is 2. The van der Waals surface area contributed by atoms with Crippen molar-refractivity contribution in [1.29, 1.82) is 5.26 Å². The molecule has 0 bridgehead atoms. The lowest BCUT2D eigenvalue weighted by Gasteiger charge is -2.45. The molecule has 224 valence electrons. The zero-order valence-corrected chi connectivity index (χ0v) is 24.4. The quantitative estimate of drug-likeness (QED) is 0.367. The molecule has 1 aromatic carbocycles. The maximum absolute atomic E-state index is 14.0. The number of piperazine rings is 1. The van der Waals surface area contributed by atoms with Gasteiger partial charge in [0.25, 0.3) is 0 Å². The van der Waals surface area contributed by atoms with Crippen molar-refractivity contribution in [1.82, 2.24) is 24.3 Å². The topological polar surface area (TPSA) is 114 Å². The minimum atomic E-state index is -4.71. The number of halogens is 3. The first-order valence-electron chi connectivity index (χ1n) is 13.4. The summed E-state index contributed by atoms with van der Waals surface area (Å²) in [7, 11) is 1.72. The largest absolute Gasteiger partial charge is 0.493 e. The molecule has 0 spiro atoms. The minimum absolute atomic E-state index is 0.0154. The van der Waals surface area contributed by atoms with Gasteiger partial charge in [0.15, 0.2) is 5.69 Å². The Morgan fingerprint density at radius 2 is 1.88 bits per heavy atom. The van der Waals surface area contributed by atoms with Crippen molar-refractivity contribution in [2.45, 2.75) is 58.4 Å². The summed E-state index contributed by atoms with van der Waals surface area (Å²) in [6.45, 7) is 9.22. The van der Waals surface area contributed by atoms with E-state index in [0.717, 1.165) is 6.07 Å². The van der Waals surface area contributed by atoms with Gasteiger partial charge in [0.2, 0.25) is 5.91 Å². The van der Waals surface area contributed by atoms with Crippen LogP contribution in [0.4, 0.5) is 18.0 Å². The summed E-state index contributed by atoms with van der Waals surface area (Å²) in [5, 5.41) is 9.47. The Labute approximate surface area is 241 Å². The van der Waals surface area contributed by atoms with Crippen molar-refractivity contribution < 1.29 is 32.2 Å². The molecular formula is C29H33F3N6O4. The molecule has 0 radical (unpaired) electrons. The molecule has 13 heteroatoms. The van der Waals surface area contributed by atoms with E-state index in [2.05, 4.69) is 9.97 Å². The van der Waals surface area contributed by atoms with Crippen LogP contribution in [-0.2, 0) is 22.8 Å². The number of nitriles is 1. The highest BCUT2D eigenvalue weighted by Crippen LogP contribution is 2.39. The van der Waals surface area contributed by atoms with Crippen LogP contribution in [0.25, 0.3) is 22.3 Å². The summed E-state index contributed by atoms with van der Waals surface area (Å²) in [6.07, 6.45) is -3.51. The molecular weight excluding hydrogens is 553 g/mol. The molecule has 42 heavy (non-hydrogen) atoms. The fraction of sp³-hybridized carbons (Fsp3) is 0.483. The zero-order chi connectivity index (χ0) is 31.0. The molecule has 3 aromatic rings. The second-order valence-electron chi connectivity index (χ2n) is 11.6. The lowest BCUT2D eigenvalue weighted by atomic mass is 9.98. The van der Waals surface area contributed by atoms with Crippen LogP contribution < -0.4 is 4.74 Å². The number of amides is 2. The predicted octanol–water partition coefficient (Wildman–Crippen LogP) is 5.15. The standard InChI is InChI=1S/C29H33F3N6O4/c1-27(2,3)42-26(40)38-12-11-37(25(39)28(38,4)5)10-7-13-41-23-9-8-18(14-19(23)29(30,31)32)20-15-22-24(21(16-33)35-20)34-17-36(22)6/h8-9,14-15,17H,7,10-13H2,1-6H3. The molecule has 4 rings (SSSR count). The van der Waals surface area contributed by atoms with Crippen LogP contribution in [0.3, 0.4) is 0 Å². The summed E-state index contributed by atoms with van der Waals surface area (Å²) in [5.41, 5.74) is -1.51. The predicted molar refractivity (Wildman–Crippen MR) is 147 cm³/mol. The SMILES string of the molecule is Cn1cnc2c(C#N)nc(-c3ccc(OCCCN4CCN(C(=O)OC(C)(C)C)C(C)(C)C4=O)c(C(F)(F)F)c3)cc21. The number of aryl methyl sites for hydroxylation is 1. The number of hydrogen-bond donors (Lipinski definition) is 0. The molecule has 0 N–H and O–H groups in total. The molecule has 2 aromatic heterocycles. The lowest BCUT2D eigenvalue weighted by molar-refractivity contribution is -0.148. The van der Waals surface area contributed by atoms with Gasteiger partial charge in [-0.3, -0.25) is 9.69 Å². The van der Waals surface area contributed by atoms with Crippen LogP contribution in [-0.4, -0.2) is 73.7 Å². The lowest BCUT2D eigenvalue weighted by Crippen LogP contribution is -2.65. The summed E-state index contributed by atoms with van der Waals surface area (Å²) in [5.74, 6) is -0.635. The van der Waals surface area contributed by atoms with Crippen molar-refractivity contribution in [2.75, 3.05) is 26.2 Å². The van der Waals surface area contributed by atoms with Gasteiger partial charge in [-0.2, -0.15) is 18.4 Å². The normalized spacial score (nSPS) is 15.6. The van der Waals surface area contributed by atoms with Crippen molar-refractivity contribution in [3.8, 4) is 23.1 Å². The molecule has 1 aliphatic rings. The van der Waals surface area contributed by atoms with Gasteiger partial charge in [-0.05, 0) is 65.3 Å². The van der Waals surface area contributed by atoms with E-state index in [1.165, 1.54) is 23.4 Å². The number of alkyl halides is 3. The van der Waals surface area contributed by atoms with Gasteiger partial charge >= 0.3 is 12.3 Å². The van der Waals surface area contributed by atoms with Crippen molar-refractivity contribution in [2.24, 2.45) is 7.05 Å². The number of rotatable bonds is 6. The first-order valence-corrected chi connectivity index (χ1v) is 13.4. The van der Waals surface area contributed by atoms with Gasteiger partial charge < -0.3 is 18.9 Å². The van der Waals surface area contributed by atoms with Crippen LogP contribution in [0.1, 0.15) is 52.3 Å². The van der Waals surface area contributed by atoms with Crippen LogP contribution in [0.15, 0.2) is 30.6 Å². The van der Waals surface area contributed by atoms with Crippen LogP contribution in [0.2, 0.25) is 0 Å². The molecule has 0 unspecified atom stereocenters. The van der Waals surface area contributed by atoms with Crippen LogP contribution >= 0.6 is 0 Å². The summed E-state index contributed by atoms with van der Waals surface area (Å²) < 4.78 is 54.7. The Balaban J connectivity index is 1.44. The van der Waals surface area contributed by atoms with Gasteiger partial charge in [0, 0.05) is 32.2 Å². The average Bonchev–Trinajstić information content (AvgIpc) is 3.27. The number of fused-ring (bicyclic) bond motifs is 1. The number of hydrogen-bond acceptors (Lipinski definition) is 7. The monoisotopic (exact) mass is 586 g/mol. The Morgan fingerprint density at radius 3 is 2.52 bits per heavy atom. The van der Waals surface area contributed by atoms with E-state index in [1.54, 1.807) is 57.2 Å². The summed E-state index contributed by atoms with van der Waals surface area (Å²) in [4.78, 5) is 37.1. The van der Waals surface area contributed by atoms with E-state index in [1.807, 2.05) is 6.07 Å². The van der Waals surface area contributed by atoms with Gasteiger partial charge in [-0.25, -0.2) is 14.8 Å². The molecule has 2 amide bonds. The van der Waals surface area contributed by atoms with E-state index in [-0.39, 0.29) is 61.3 Å². The third-order valence-electron chi connectivity index (χ3n) is 6.92. The smallest absolute Gasteiger partial charge is 0.419 e. The number of imidazole rings is 1. The second kappa shape index (κ2) is 11.2. The minimum Gasteiger partial charge on any atom is -0.493 e. The maximum Gasteiger partial charge on any atom is 0.419 e. The number of carbonyl (C=O) groups excluding carboxylic acids is 2. The fourth-order valence-electron chi connectivity index (χ4n) is 4.78. The molecule has 1 saturated heterocycles. The van der Waals surface area contributed by atoms with Crippen molar-refractivity contribution in [3.63, 3.8) is 0 Å². The highest BCUT2D eigenvalue weighted by Gasteiger charge is 2.45. The number of benzene rings is 1. The number of aromatic nitrogens is 3. The summed E-state index contributed by atoms with van der Waals surface area (Å²) in [6, 6.07) is 7.17. The van der Waals surface area contributed by atoms with E-state index in [0.29, 0.717) is 11.0 Å². The maximum atomic E-state index is 14.0. The summed E-state index contributed by atoms with van der Waals surface area (Å²) >= 11 is 0. The molecule has 0 aliphatic carbocycles. The van der Waals surface area contributed by atoms with E-state index in [4.69, 9.17) is 9.47 Å². The van der Waals surface area contributed by atoms with Gasteiger partial charge in [0.1, 0.15) is 28.5 Å². The molecule has 3 heterocycles. The first kappa shape index (κ1) is 30.6. The Bertz CT molecular complexity index is 1550. The van der Waals surface area contributed by atoms with Gasteiger partial charge in [0.05, 0.1) is 29.7 Å². The van der Waals surface area contributed by atoms with E-state index < -0.39 is 29.0 Å². The Morgan fingerprint density at radius 1 is 1.17 bits per heavy atom. The third kappa shape index (κ3) is 6.27. The second-order valence-corrected chi connectivity index (χ2v) is 11.6. The molecule has 1 fully saturated rings. The Kier molecular flexibility index (Phi) is 8.13. The highest BCUT2D eigenvalue weighted by atomic mass is 19.4. The van der Waals surface area contributed by atoms with Gasteiger partial charge in [-0.15, -0.1) is 0 Å². The molecule has 0 atom stereocenters. The molecule has 10 nitrogen and oxygen atoms in total. The first-order chi connectivity index (χ1) is 19.5. The number of carbonyl (C=O) groups is 2. The van der Waals surface area contributed by atoms with E-state index >= 15 is 0 Å². The molecule has 0 saturated carbocycles. The fourth-order valence-corrected chi connectivity index (χ4v) is 4.78. The van der Waals surface area contributed by atoms with Gasteiger partial charge in [-0.1, -0.05) is 0 Å². The Hall–Kier alpha value is -4.34. The number of nitrogens with zero attached hydrogens (tertiary/aromatic N) is 6. The molecule has 1 aliphatic heterocycles. The average molecular weight is 587 g/mol. The van der Waals surface area contributed by atoms with Crippen molar-refractivity contribution >= 4 is 23.0 Å².